The Kier molecular flexibility index (Phi) is 3.93. The van der Waals surface area contributed by atoms with E-state index in [1.165, 1.54) is 16.3 Å². The second-order valence-electron chi connectivity index (χ2n) is 4.39. The molecule has 0 saturated carbocycles. The maximum absolute atomic E-state index is 11.4. The topological polar surface area (TPSA) is 88.5 Å². The van der Waals surface area contributed by atoms with Crippen molar-refractivity contribution in [3.05, 3.63) is 21.9 Å². The molecule has 0 aliphatic carbocycles. The minimum Gasteiger partial charge on any atom is -0.354 e. The van der Waals surface area contributed by atoms with Gasteiger partial charge in [0.25, 0.3) is 0 Å². The Morgan fingerprint density at radius 1 is 1.48 bits per heavy atom. The van der Waals surface area contributed by atoms with Crippen LogP contribution in [0.1, 0.15) is 13.3 Å². The fourth-order valence-corrected chi connectivity index (χ4v) is 3.45. The minimum atomic E-state index is -0.238. The molecule has 0 spiro atoms. The largest absolute Gasteiger partial charge is 0.354 e. The van der Waals surface area contributed by atoms with E-state index in [2.05, 4.69) is 32.4 Å². The third kappa shape index (κ3) is 2.79. The van der Waals surface area contributed by atoms with Gasteiger partial charge in [0.2, 0.25) is 5.95 Å². The summed E-state index contributed by atoms with van der Waals surface area (Å²) in [5.74, 6) is 0.606. The van der Waals surface area contributed by atoms with Crippen LogP contribution in [0.25, 0.3) is 10.2 Å². The highest BCUT2D eigenvalue weighted by molar-refractivity contribution is 7.99. The van der Waals surface area contributed by atoms with E-state index in [1.807, 2.05) is 11.4 Å². The second-order valence-corrected chi connectivity index (χ2v) is 6.24. The van der Waals surface area contributed by atoms with Crippen molar-refractivity contribution in [2.24, 2.45) is 7.05 Å². The molecule has 21 heavy (non-hydrogen) atoms. The highest BCUT2D eigenvalue weighted by Crippen LogP contribution is 2.32. The van der Waals surface area contributed by atoms with Crippen LogP contribution in [0, 0.1) is 0 Å². The van der Waals surface area contributed by atoms with E-state index in [-0.39, 0.29) is 5.69 Å². The molecular weight excluding hydrogens is 308 g/mol. The summed E-state index contributed by atoms with van der Waals surface area (Å²) in [7, 11) is 1.68. The summed E-state index contributed by atoms with van der Waals surface area (Å²) in [6.45, 7) is 2.91. The number of nitrogens with zero attached hydrogens (tertiary/aromatic N) is 4. The smallest absolute Gasteiger partial charge is 0.343 e. The van der Waals surface area contributed by atoms with E-state index in [0.717, 1.165) is 28.2 Å². The molecule has 0 aromatic carbocycles. The molecule has 0 radical (unpaired) electrons. The molecule has 0 aliphatic heterocycles. The van der Waals surface area contributed by atoms with Gasteiger partial charge in [-0.2, -0.15) is 0 Å². The SMILES string of the molecule is CCCNc1nc(Sc2n[nH]c(=O)n2C)c2ccsc2n1. The van der Waals surface area contributed by atoms with Crippen molar-refractivity contribution in [3.63, 3.8) is 0 Å². The van der Waals surface area contributed by atoms with Gasteiger partial charge in [0.05, 0.1) is 0 Å². The number of H-pyrrole nitrogens is 1. The molecule has 2 N–H and O–H groups in total. The summed E-state index contributed by atoms with van der Waals surface area (Å²) < 4.78 is 1.46. The van der Waals surface area contributed by atoms with E-state index in [4.69, 9.17) is 0 Å². The molecule has 3 aromatic rings. The molecule has 0 amide bonds. The molecule has 3 aromatic heterocycles. The van der Waals surface area contributed by atoms with Crippen LogP contribution in [0.5, 0.6) is 0 Å². The lowest BCUT2D eigenvalue weighted by atomic mass is 10.4. The molecule has 110 valence electrons. The van der Waals surface area contributed by atoms with E-state index < -0.39 is 0 Å². The third-order valence-corrected chi connectivity index (χ3v) is 4.71. The van der Waals surface area contributed by atoms with Gasteiger partial charge in [-0.05, 0) is 29.6 Å². The molecule has 3 heterocycles. The lowest BCUT2D eigenvalue weighted by Crippen LogP contribution is -2.12. The van der Waals surface area contributed by atoms with Crippen molar-refractivity contribution in [2.45, 2.75) is 23.5 Å². The number of thiophene rings is 1. The van der Waals surface area contributed by atoms with Crippen LogP contribution in [0.3, 0.4) is 0 Å². The summed E-state index contributed by atoms with van der Waals surface area (Å²) in [5, 5.41) is 14.0. The average Bonchev–Trinajstić information content (AvgIpc) is 3.07. The van der Waals surface area contributed by atoms with Crippen LogP contribution in [0.2, 0.25) is 0 Å². The molecule has 0 aliphatic rings. The fraction of sp³-hybridized carbons (Fsp3) is 0.333. The van der Waals surface area contributed by atoms with Crippen LogP contribution in [0.15, 0.2) is 26.4 Å². The Bertz CT molecular complexity index is 821. The first kappa shape index (κ1) is 14.1. The van der Waals surface area contributed by atoms with Crippen LogP contribution in [-0.4, -0.2) is 31.3 Å². The first-order valence-corrected chi connectivity index (χ1v) is 8.17. The average molecular weight is 322 g/mol. The van der Waals surface area contributed by atoms with Gasteiger partial charge < -0.3 is 5.32 Å². The molecule has 9 heteroatoms. The molecule has 0 atom stereocenters. The first-order valence-electron chi connectivity index (χ1n) is 6.47. The summed E-state index contributed by atoms with van der Waals surface area (Å²) in [6.07, 6.45) is 1.00. The standard InChI is InChI=1S/C12H14N6OS2/c1-3-5-13-10-14-8-7(4-6-20-8)9(15-10)21-12-17-16-11(19)18(12)2/h4,6H,3,5H2,1-2H3,(H,16,19)(H,13,14,15). The Morgan fingerprint density at radius 2 is 2.33 bits per heavy atom. The van der Waals surface area contributed by atoms with Crippen molar-refractivity contribution in [2.75, 3.05) is 11.9 Å². The molecule has 7 nitrogen and oxygen atoms in total. The lowest BCUT2D eigenvalue weighted by molar-refractivity contribution is 0.765. The predicted molar refractivity (Wildman–Crippen MR) is 84.1 cm³/mol. The van der Waals surface area contributed by atoms with E-state index >= 15 is 0 Å². The van der Waals surface area contributed by atoms with Gasteiger partial charge in [-0.1, -0.05) is 6.92 Å². The highest BCUT2D eigenvalue weighted by Gasteiger charge is 2.13. The van der Waals surface area contributed by atoms with Gasteiger partial charge in [0, 0.05) is 19.0 Å². The molecule has 0 saturated heterocycles. The van der Waals surface area contributed by atoms with Gasteiger partial charge in [0.15, 0.2) is 5.16 Å². The Balaban J connectivity index is 2.01. The van der Waals surface area contributed by atoms with Crippen molar-refractivity contribution in [1.82, 2.24) is 24.7 Å². The maximum Gasteiger partial charge on any atom is 0.343 e. The number of hydrogen-bond donors (Lipinski definition) is 2. The summed E-state index contributed by atoms with van der Waals surface area (Å²) in [5.41, 5.74) is -0.238. The van der Waals surface area contributed by atoms with Gasteiger partial charge in [-0.25, -0.2) is 19.9 Å². The molecule has 0 unspecified atom stereocenters. The highest BCUT2D eigenvalue weighted by atomic mass is 32.2. The number of aromatic amines is 1. The monoisotopic (exact) mass is 322 g/mol. The summed E-state index contributed by atoms with van der Waals surface area (Å²) >= 11 is 2.92. The molecule has 0 bridgehead atoms. The van der Waals surface area contributed by atoms with Crippen molar-refractivity contribution in [1.29, 1.82) is 0 Å². The van der Waals surface area contributed by atoms with E-state index in [9.17, 15) is 4.79 Å². The summed E-state index contributed by atoms with van der Waals surface area (Å²) in [4.78, 5) is 21.4. The van der Waals surface area contributed by atoms with Crippen LogP contribution >= 0.6 is 23.1 Å². The first-order chi connectivity index (χ1) is 10.2. The zero-order valence-electron chi connectivity index (χ0n) is 11.6. The predicted octanol–water partition coefficient (Wildman–Crippen LogP) is 2.09. The quantitative estimate of drug-likeness (QED) is 0.699. The summed E-state index contributed by atoms with van der Waals surface area (Å²) in [6, 6.07) is 1.98. The Hall–Kier alpha value is -1.87. The van der Waals surface area contributed by atoms with Crippen molar-refractivity contribution < 1.29 is 0 Å². The second kappa shape index (κ2) is 5.86. The number of aromatic nitrogens is 5. The number of nitrogens with one attached hydrogen (secondary N) is 2. The number of fused-ring (bicyclic) bond motifs is 1. The molecule has 0 fully saturated rings. The number of anilines is 1. The lowest BCUT2D eigenvalue weighted by Gasteiger charge is -2.06. The van der Waals surface area contributed by atoms with E-state index in [0.29, 0.717) is 11.1 Å². The third-order valence-electron chi connectivity index (χ3n) is 2.85. The van der Waals surface area contributed by atoms with Gasteiger partial charge in [-0.15, -0.1) is 16.4 Å². The minimum absolute atomic E-state index is 0.238. The maximum atomic E-state index is 11.4. The van der Waals surface area contributed by atoms with Gasteiger partial charge in [-0.3, -0.25) is 4.57 Å². The normalized spacial score (nSPS) is 11.1. The zero-order chi connectivity index (χ0) is 14.8. The van der Waals surface area contributed by atoms with Crippen molar-refractivity contribution in [3.8, 4) is 0 Å². The molecule has 3 rings (SSSR count). The number of hydrogen-bond acceptors (Lipinski definition) is 7. The molecular formula is C12H14N6OS2. The fourth-order valence-electron chi connectivity index (χ4n) is 1.73. The Labute approximate surface area is 128 Å². The van der Waals surface area contributed by atoms with E-state index in [1.54, 1.807) is 18.4 Å². The van der Waals surface area contributed by atoms with Crippen molar-refractivity contribution >= 4 is 39.3 Å². The zero-order valence-corrected chi connectivity index (χ0v) is 13.2. The van der Waals surface area contributed by atoms with Gasteiger partial charge >= 0.3 is 5.69 Å². The van der Waals surface area contributed by atoms with Crippen LogP contribution < -0.4 is 11.0 Å². The number of rotatable bonds is 5. The van der Waals surface area contributed by atoms with Gasteiger partial charge in [0.1, 0.15) is 9.86 Å². The Morgan fingerprint density at radius 3 is 3.05 bits per heavy atom. The van der Waals surface area contributed by atoms with Crippen LogP contribution in [0.4, 0.5) is 5.95 Å². The van der Waals surface area contributed by atoms with Crippen LogP contribution in [-0.2, 0) is 7.05 Å².